The van der Waals surface area contributed by atoms with Crippen molar-refractivity contribution in [2.45, 2.75) is 30.7 Å². The zero-order valence-electron chi connectivity index (χ0n) is 19.6. The summed E-state index contributed by atoms with van der Waals surface area (Å²) in [6.07, 6.45) is 0.568. The summed E-state index contributed by atoms with van der Waals surface area (Å²) in [6.45, 7) is 2.32. The molecule has 3 aromatic rings. The van der Waals surface area contributed by atoms with Crippen molar-refractivity contribution >= 4 is 15.9 Å². The van der Waals surface area contributed by atoms with Crippen molar-refractivity contribution in [1.29, 1.82) is 0 Å². The Hall–Kier alpha value is -3.36. The molecule has 1 amide bonds. The quantitative estimate of drug-likeness (QED) is 0.434. The molecule has 3 aromatic carbocycles. The summed E-state index contributed by atoms with van der Waals surface area (Å²) in [5.41, 5.74) is 2.56. The molecule has 0 fully saturated rings. The molecular formula is C26H30N2O5S. The van der Waals surface area contributed by atoms with Crippen molar-refractivity contribution in [3.8, 4) is 11.5 Å². The van der Waals surface area contributed by atoms with Crippen LogP contribution in [0.1, 0.15) is 29.2 Å². The monoisotopic (exact) mass is 482 g/mol. The summed E-state index contributed by atoms with van der Waals surface area (Å²) in [7, 11) is -0.922. The molecule has 0 aliphatic rings. The SMILES string of the molecule is COc1cccc(C(CC(=O)NCCc2ccccc2)NS(=O)(=O)c2ccc(C)cc2)c1OC. The Morgan fingerprint density at radius 2 is 1.62 bits per heavy atom. The van der Waals surface area contributed by atoms with E-state index in [4.69, 9.17) is 9.47 Å². The van der Waals surface area contributed by atoms with Crippen LogP contribution in [0, 0.1) is 6.92 Å². The number of hydrogen-bond donors (Lipinski definition) is 2. The summed E-state index contributed by atoms with van der Waals surface area (Å²) in [4.78, 5) is 12.9. The van der Waals surface area contributed by atoms with E-state index < -0.39 is 16.1 Å². The molecule has 0 bridgehead atoms. The number of ether oxygens (including phenoxy) is 2. The van der Waals surface area contributed by atoms with Gasteiger partial charge < -0.3 is 14.8 Å². The lowest BCUT2D eigenvalue weighted by Crippen LogP contribution is -2.34. The van der Waals surface area contributed by atoms with E-state index in [0.717, 1.165) is 11.1 Å². The average Bonchev–Trinajstić information content (AvgIpc) is 2.83. The lowest BCUT2D eigenvalue weighted by Gasteiger charge is -2.22. The van der Waals surface area contributed by atoms with Crippen molar-refractivity contribution < 1.29 is 22.7 Å². The largest absolute Gasteiger partial charge is 0.493 e. The third kappa shape index (κ3) is 6.59. The predicted octanol–water partition coefficient (Wildman–Crippen LogP) is 3.78. The number of carbonyl (C=O) groups is 1. The number of nitrogens with one attached hydrogen (secondary N) is 2. The van der Waals surface area contributed by atoms with Crippen LogP contribution in [-0.2, 0) is 21.2 Å². The van der Waals surface area contributed by atoms with Gasteiger partial charge in [0.25, 0.3) is 0 Å². The second kappa shape index (κ2) is 11.7. The molecule has 34 heavy (non-hydrogen) atoms. The fourth-order valence-corrected chi connectivity index (χ4v) is 4.84. The van der Waals surface area contributed by atoms with Crippen molar-refractivity contribution in [3.05, 3.63) is 89.5 Å². The third-order valence-corrected chi connectivity index (χ3v) is 6.89. The van der Waals surface area contributed by atoms with Gasteiger partial charge in [-0.05, 0) is 37.1 Å². The number of para-hydroxylation sites is 1. The first-order valence-corrected chi connectivity index (χ1v) is 12.4. The maximum absolute atomic E-state index is 13.1. The van der Waals surface area contributed by atoms with E-state index in [0.29, 0.717) is 30.0 Å². The number of hydrogen-bond acceptors (Lipinski definition) is 5. The highest BCUT2D eigenvalue weighted by molar-refractivity contribution is 7.89. The molecule has 7 nitrogen and oxygen atoms in total. The number of benzene rings is 3. The zero-order chi connectivity index (χ0) is 24.6. The normalized spacial score (nSPS) is 12.1. The van der Waals surface area contributed by atoms with Crippen molar-refractivity contribution in [2.24, 2.45) is 0 Å². The Balaban J connectivity index is 1.83. The van der Waals surface area contributed by atoms with Crippen LogP contribution in [0.25, 0.3) is 0 Å². The molecule has 0 saturated heterocycles. The Bertz CT molecular complexity index is 1200. The molecule has 0 aliphatic carbocycles. The Kier molecular flexibility index (Phi) is 8.67. The van der Waals surface area contributed by atoms with Crippen LogP contribution >= 0.6 is 0 Å². The van der Waals surface area contributed by atoms with Crippen LogP contribution < -0.4 is 19.5 Å². The van der Waals surface area contributed by atoms with Crippen molar-refractivity contribution in [3.63, 3.8) is 0 Å². The Morgan fingerprint density at radius 1 is 0.912 bits per heavy atom. The zero-order valence-corrected chi connectivity index (χ0v) is 20.4. The van der Waals surface area contributed by atoms with Gasteiger partial charge in [0.15, 0.2) is 11.5 Å². The number of methoxy groups -OCH3 is 2. The van der Waals surface area contributed by atoms with Crippen LogP contribution in [0.4, 0.5) is 0 Å². The molecule has 3 rings (SSSR count). The lowest BCUT2D eigenvalue weighted by atomic mass is 10.0. The second-order valence-corrected chi connectivity index (χ2v) is 9.57. The van der Waals surface area contributed by atoms with Crippen LogP contribution in [-0.4, -0.2) is 35.1 Å². The topological polar surface area (TPSA) is 93.7 Å². The minimum absolute atomic E-state index is 0.108. The molecule has 0 aliphatic heterocycles. The minimum atomic E-state index is -3.90. The fourth-order valence-electron chi connectivity index (χ4n) is 3.62. The fraction of sp³-hybridized carbons (Fsp3) is 0.269. The molecule has 0 heterocycles. The summed E-state index contributed by atoms with van der Waals surface area (Å²) in [6, 6.07) is 20.7. The molecule has 1 unspecified atom stereocenters. The van der Waals surface area contributed by atoms with Crippen LogP contribution in [0.3, 0.4) is 0 Å². The Labute approximate surface area is 201 Å². The lowest BCUT2D eigenvalue weighted by molar-refractivity contribution is -0.121. The van der Waals surface area contributed by atoms with E-state index in [-0.39, 0.29) is 17.2 Å². The van der Waals surface area contributed by atoms with E-state index in [1.807, 2.05) is 37.3 Å². The van der Waals surface area contributed by atoms with Gasteiger partial charge in [0.05, 0.1) is 25.2 Å². The van der Waals surface area contributed by atoms with Gasteiger partial charge in [0, 0.05) is 18.5 Å². The highest BCUT2D eigenvalue weighted by Crippen LogP contribution is 2.36. The number of aryl methyl sites for hydroxylation is 1. The van der Waals surface area contributed by atoms with Gasteiger partial charge in [0.2, 0.25) is 15.9 Å². The highest BCUT2D eigenvalue weighted by atomic mass is 32.2. The molecule has 2 N–H and O–H groups in total. The van der Waals surface area contributed by atoms with Crippen molar-refractivity contribution in [2.75, 3.05) is 20.8 Å². The van der Waals surface area contributed by atoms with Crippen LogP contribution in [0.5, 0.6) is 11.5 Å². The molecule has 0 spiro atoms. The third-order valence-electron chi connectivity index (χ3n) is 5.41. The maximum Gasteiger partial charge on any atom is 0.241 e. The van der Waals surface area contributed by atoms with E-state index >= 15 is 0 Å². The van der Waals surface area contributed by atoms with E-state index in [2.05, 4.69) is 10.0 Å². The van der Waals surface area contributed by atoms with Gasteiger partial charge in [-0.2, -0.15) is 0 Å². The van der Waals surface area contributed by atoms with Gasteiger partial charge in [-0.25, -0.2) is 13.1 Å². The second-order valence-electron chi connectivity index (χ2n) is 7.86. The van der Waals surface area contributed by atoms with E-state index in [1.165, 1.54) is 26.4 Å². The van der Waals surface area contributed by atoms with Gasteiger partial charge in [-0.3, -0.25) is 4.79 Å². The Morgan fingerprint density at radius 3 is 2.26 bits per heavy atom. The number of amides is 1. The standard InChI is InChI=1S/C26H30N2O5S/c1-19-12-14-21(15-13-19)34(30,31)28-23(22-10-7-11-24(32-2)26(22)33-3)18-25(29)27-17-16-20-8-5-4-6-9-20/h4-15,23,28H,16-18H2,1-3H3,(H,27,29). The van der Waals surface area contributed by atoms with Gasteiger partial charge in [-0.1, -0.05) is 60.2 Å². The molecule has 0 radical (unpaired) electrons. The highest BCUT2D eigenvalue weighted by Gasteiger charge is 2.27. The number of carbonyl (C=O) groups excluding carboxylic acids is 1. The van der Waals surface area contributed by atoms with Gasteiger partial charge in [-0.15, -0.1) is 0 Å². The van der Waals surface area contributed by atoms with Crippen LogP contribution in [0.15, 0.2) is 77.7 Å². The molecule has 1 atom stereocenters. The van der Waals surface area contributed by atoms with Gasteiger partial charge in [0.1, 0.15) is 0 Å². The molecule has 8 heteroatoms. The van der Waals surface area contributed by atoms with E-state index in [1.54, 1.807) is 30.3 Å². The van der Waals surface area contributed by atoms with E-state index in [9.17, 15) is 13.2 Å². The minimum Gasteiger partial charge on any atom is -0.493 e. The number of sulfonamides is 1. The van der Waals surface area contributed by atoms with Gasteiger partial charge >= 0.3 is 0 Å². The molecular weight excluding hydrogens is 452 g/mol. The maximum atomic E-state index is 13.1. The molecule has 0 aromatic heterocycles. The summed E-state index contributed by atoms with van der Waals surface area (Å²) >= 11 is 0. The predicted molar refractivity (Wildman–Crippen MR) is 132 cm³/mol. The summed E-state index contributed by atoms with van der Waals surface area (Å²) in [5.74, 6) is 0.542. The number of rotatable bonds is 11. The first-order chi connectivity index (χ1) is 16.3. The van der Waals surface area contributed by atoms with Crippen molar-refractivity contribution in [1.82, 2.24) is 10.0 Å². The molecule has 180 valence electrons. The van der Waals surface area contributed by atoms with Crippen LogP contribution in [0.2, 0.25) is 0 Å². The average molecular weight is 483 g/mol. The first kappa shape index (κ1) is 25.3. The molecule has 0 saturated carbocycles. The summed E-state index contributed by atoms with van der Waals surface area (Å²) < 4.78 is 39.9. The first-order valence-electron chi connectivity index (χ1n) is 10.9. The smallest absolute Gasteiger partial charge is 0.241 e. The summed E-state index contributed by atoms with van der Waals surface area (Å²) in [5, 5.41) is 2.88.